The van der Waals surface area contributed by atoms with Crippen LogP contribution in [0.25, 0.3) is 0 Å². The Labute approximate surface area is 85.1 Å². The smallest absolute Gasteiger partial charge is 0.226 e. The fourth-order valence-corrected chi connectivity index (χ4v) is 2.43. The normalized spacial score (nSPS) is 21.6. The maximum atomic E-state index is 11.9. The number of carbonyl (C=O) groups excluding carboxylic acids is 1. The molecule has 0 aromatic rings. The van der Waals surface area contributed by atoms with E-state index in [2.05, 4.69) is 20.8 Å². The maximum Gasteiger partial charge on any atom is 0.226 e. The predicted octanol–water partition coefficient (Wildman–Crippen LogP) is 2.20. The van der Waals surface area contributed by atoms with Crippen molar-refractivity contribution >= 4 is 17.7 Å². The van der Waals surface area contributed by atoms with Gasteiger partial charge in [-0.05, 0) is 5.92 Å². The third-order valence-electron chi connectivity index (χ3n) is 2.95. The molecule has 1 amide bonds. The zero-order valence-corrected chi connectivity index (χ0v) is 9.56. The first kappa shape index (κ1) is 10.9. The van der Waals surface area contributed by atoms with E-state index in [9.17, 15) is 4.79 Å². The summed E-state index contributed by atoms with van der Waals surface area (Å²) >= 11 is 1.85. The molecule has 0 spiro atoms. The van der Waals surface area contributed by atoms with Crippen LogP contribution in [0.2, 0.25) is 0 Å². The lowest BCUT2D eigenvalue weighted by atomic mass is 9.92. The van der Waals surface area contributed by atoms with Gasteiger partial charge >= 0.3 is 0 Å². The van der Waals surface area contributed by atoms with E-state index < -0.39 is 0 Å². The monoisotopic (exact) mass is 201 g/mol. The molecule has 0 radical (unpaired) electrons. The Bertz CT molecular complexity index is 178. The first-order valence-corrected chi connectivity index (χ1v) is 6.18. The Kier molecular flexibility index (Phi) is 4.10. The second kappa shape index (κ2) is 4.89. The summed E-state index contributed by atoms with van der Waals surface area (Å²) in [5.74, 6) is 3.07. The number of amides is 1. The SMILES string of the molecule is CC[C@@H](C)[C@H](C)C(=O)N1CCSC1. The van der Waals surface area contributed by atoms with Gasteiger partial charge in [-0.25, -0.2) is 0 Å². The number of rotatable bonds is 3. The van der Waals surface area contributed by atoms with Gasteiger partial charge in [0.05, 0.1) is 5.88 Å². The van der Waals surface area contributed by atoms with Crippen molar-refractivity contribution in [2.75, 3.05) is 18.2 Å². The van der Waals surface area contributed by atoms with Gasteiger partial charge in [-0.1, -0.05) is 27.2 Å². The minimum Gasteiger partial charge on any atom is -0.332 e. The van der Waals surface area contributed by atoms with Crippen LogP contribution in [0.1, 0.15) is 27.2 Å². The average Bonchev–Trinajstić information content (AvgIpc) is 2.67. The predicted molar refractivity (Wildman–Crippen MR) is 57.7 cm³/mol. The first-order valence-electron chi connectivity index (χ1n) is 5.03. The van der Waals surface area contributed by atoms with E-state index in [1.807, 2.05) is 16.7 Å². The van der Waals surface area contributed by atoms with Gasteiger partial charge in [-0.2, -0.15) is 0 Å². The zero-order chi connectivity index (χ0) is 9.84. The molecule has 1 rings (SSSR count). The Morgan fingerprint density at radius 2 is 2.23 bits per heavy atom. The number of nitrogens with zero attached hydrogens (tertiary/aromatic N) is 1. The molecule has 0 aliphatic carbocycles. The van der Waals surface area contributed by atoms with Crippen LogP contribution in [-0.2, 0) is 4.79 Å². The molecule has 1 aliphatic heterocycles. The van der Waals surface area contributed by atoms with Gasteiger partial charge in [0.15, 0.2) is 0 Å². The fraction of sp³-hybridized carbons (Fsp3) is 0.900. The summed E-state index contributed by atoms with van der Waals surface area (Å²) in [6.07, 6.45) is 1.09. The largest absolute Gasteiger partial charge is 0.332 e. The zero-order valence-electron chi connectivity index (χ0n) is 8.75. The molecule has 0 unspecified atom stereocenters. The quantitative estimate of drug-likeness (QED) is 0.697. The molecule has 3 heteroatoms. The van der Waals surface area contributed by atoms with Gasteiger partial charge in [-0.3, -0.25) is 4.79 Å². The van der Waals surface area contributed by atoms with Crippen molar-refractivity contribution in [2.24, 2.45) is 11.8 Å². The van der Waals surface area contributed by atoms with Crippen LogP contribution >= 0.6 is 11.8 Å². The molecule has 0 aromatic heterocycles. The number of hydrogen-bond acceptors (Lipinski definition) is 2. The van der Waals surface area contributed by atoms with Crippen molar-refractivity contribution in [2.45, 2.75) is 27.2 Å². The molecule has 1 saturated heterocycles. The minimum atomic E-state index is 0.198. The van der Waals surface area contributed by atoms with Crippen LogP contribution in [0, 0.1) is 11.8 Å². The Hall–Kier alpha value is -0.180. The molecule has 2 nitrogen and oxygen atoms in total. The van der Waals surface area contributed by atoms with Gasteiger partial charge in [0.1, 0.15) is 0 Å². The van der Waals surface area contributed by atoms with Crippen molar-refractivity contribution in [1.29, 1.82) is 0 Å². The molecule has 0 saturated carbocycles. The highest BCUT2D eigenvalue weighted by Crippen LogP contribution is 2.21. The van der Waals surface area contributed by atoms with Crippen molar-refractivity contribution in [3.05, 3.63) is 0 Å². The van der Waals surface area contributed by atoms with E-state index in [0.717, 1.165) is 24.6 Å². The first-order chi connectivity index (χ1) is 6.16. The van der Waals surface area contributed by atoms with Crippen LogP contribution in [0.5, 0.6) is 0 Å². The summed E-state index contributed by atoms with van der Waals surface area (Å²) in [7, 11) is 0. The van der Waals surface area contributed by atoms with E-state index in [1.54, 1.807) is 0 Å². The molecule has 1 heterocycles. The highest BCUT2D eigenvalue weighted by molar-refractivity contribution is 7.99. The van der Waals surface area contributed by atoms with Crippen LogP contribution in [-0.4, -0.2) is 29.0 Å². The van der Waals surface area contributed by atoms with E-state index in [0.29, 0.717) is 11.8 Å². The molecular weight excluding hydrogens is 182 g/mol. The molecule has 1 fully saturated rings. The highest BCUT2D eigenvalue weighted by atomic mass is 32.2. The van der Waals surface area contributed by atoms with Crippen LogP contribution in [0.4, 0.5) is 0 Å². The van der Waals surface area contributed by atoms with Crippen LogP contribution < -0.4 is 0 Å². The van der Waals surface area contributed by atoms with Gasteiger partial charge in [0, 0.05) is 18.2 Å². The van der Waals surface area contributed by atoms with Gasteiger partial charge in [0.2, 0.25) is 5.91 Å². The van der Waals surface area contributed by atoms with Gasteiger partial charge in [-0.15, -0.1) is 11.8 Å². The molecule has 76 valence electrons. The summed E-state index contributed by atoms with van der Waals surface area (Å²) in [6.45, 7) is 7.31. The Morgan fingerprint density at radius 1 is 1.54 bits per heavy atom. The number of carbonyl (C=O) groups is 1. The standard InChI is InChI=1S/C10H19NOS/c1-4-8(2)9(3)10(12)11-5-6-13-7-11/h8-9H,4-7H2,1-3H3/t8-,9+/m1/s1. The van der Waals surface area contributed by atoms with E-state index in [-0.39, 0.29) is 5.92 Å². The Morgan fingerprint density at radius 3 is 2.69 bits per heavy atom. The maximum absolute atomic E-state index is 11.9. The molecule has 1 aliphatic rings. The summed E-state index contributed by atoms with van der Waals surface area (Å²) in [6, 6.07) is 0. The molecule has 0 aromatic carbocycles. The van der Waals surface area contributed by atoms with Crippen molar-refractivity contribution in [1.82, 2.24) is 4.90 Å². The van der Waals surface area contributed by atoms with Crippen molar-refractivity contribution < 1.29 is 4.79 Å². The third kappa shape index (κ3) is 2.63. The fourth-order valence-electron chi connectivity index (χ4n) is 1.47. The van der Waals surface area contributed by atoms with E-state index in [1.165, 1.54) is 0 Å². The van der Waals surface area contributed by atoms with Crippen LogP contribution in [0.3, 0.4) is 0 Å². The topological polar surface area (TPSA) is 20.3 Å². The average molecular weight is 201 g/mol. The summed E-state index contributed by atoms with van der Waals surface area (Å²) in [5, 5.41) is 0. The van der Waals surface area contributed by atoms with Gasteiger partial charge in [0.25, 0.3) is 0 Å². The van der Waals surface area contributed by atoms with Crippen LogP contribution in [0.15, 0.2) is 0 Å². The van der Waals surface area contributed by atoms with Gasteiger partial charge < -0.3 is 4.90 Å². The lowest BCUT2D eigenvalue weighted by Crippen LogP contribution is -2.35. The molecule has 2 atom stereocenters. The summed E-state index contributed by atoms with van der Waals surface area (Å²) in [4.78, 5) is 13.8. The second-order valence-corrected chi connectivity index (χ2v) is 4.89. The second-order valence-electron chi connectivity index (χ2n) is 3.81. The van der Waals surface area contributed by atoms with Crippen molar-refractivity contribution in [3.63, 3.8) is 0 Å². The third-order valence-corrected chi connectivity index (χ3v) is 3.92. The molecule has 0 N–H and O–H groups in total. The Balaban J connectivity index is 2.45. The number of hydrogen-bond donors (Lipinski definition) is 0. The number of thioether (sulfide) groups is 1. The molecule has 13 heavy (non-hydrogen) atoms. The highest BCUT2D eigenvalue weighted by Gasteiger charge is 2.26. The molecular formula is C10H19NOS. The lowest BCUT2D eigenvalue weighted by Gasteiger charge is -2.23. The van der Waals surface area contributed by atoms with E-state index >= 15 is 0 Å². The summed E-state index contributed by atoms with van der Waals surface area (Å²) < 4.78 is 0. The lowest BCUT2D eigenvalue weighted by molar-refractivity contribution is -0.135. The summed E-state index contributed by atoms with van der Waals surface area (Å²) in [5.41, 5.74) is 0. The van der Waals surface area contributed by atoms with E-state index in [4.69, 9.17) is 0 Å². The molecule has 0 bridgehead atoms. The minimum absolute atomic E-state index is 0.198. The van der Waals surface area contributed by atoms with Crippen molar-refractivity contribution in [3.8, 4) is 0 Å².